The Bertz CT molecular complexity index is 350. The highest BCUT2D eigenvalue weighted by atomic mass is 16.3. The number of hydrogen-bond donors (Lipinski definition) is 4. The Hall–Kier alpha value is -1.42. The van der Waals surface area contributed by atoms with Crippen LogP contribution in [0.4, 0.5) is 0 Å². The molecule has 1 atom stereocenters. The van der Waals surface area contributed by atoms with Crippen LogP contribution in [0.25, 0.3) is 0 Å². The molecule has 0 fully saturated rings. The third-order valence-electron chi connectivity index (χ3n) is 2.29. The lowest BCUT2D eigenvalue weighted by atomic mass is 9.97. The average molecular weight is 211 g/mol. The van der Waals surface area contributed by atoms with Gasteiger partial charge in [0, 0.05) is 11.6 Å². The van der Waals surface area contributed by atoms with Crippen LogP contribution in [0, 0.1) is 5.92 Å². The largest absolute Gasteiger partial charge is 0.504 e. The Balaban J connectivity index is 3.00. The SMILES string of the molecule is CC(C)C[C@@H](N)c1ccc(O)c(O)c1O. The number of nitrogens with two attached hydrogens (primary N) is 1. The summed E-state index contributed by atoms with van der Waals surface area (Å²) in [6, 6.07) is 2.51. The monoisotopic (exact) mass is 211 g/mol. The third kappa shape index (κ3) is 2.53. The van der Waals surface area contributed by atoms with E-state index >= 15 is 0 Å². The van der Waals surface area contributed by atoms with Crippen LogP contribution in [0.2, 0.25) is 0 Å². The molecule has 0 aliphatic heterocycles. The molecule has 0 aliphatic rings. The van der Waals surface area contributed by atoms with Crippen molar-refractivity contribution in [1.82, 2.24) is 0 Å². The van der Waals surface area contributed by atoms with Crippen molar-refractivity contribution in [2.75, 3.05) is 0 Å². The highest BCUT2D eigenvalue weighted by Crippen LogP contribution is 2.40. The molecule has 0 saturated heterocycles. The molecule has 0 unspecified atom stereocenters. The molecular weight excluding hydrogens is 194 g/mol. The quantitative estimate of drug-likeness (QED) is 0.575. The molecule has 1 aromatic rings. The first-order valence-electron chi connectivity index (χ1n) is 4.92. The molecule has 0 amide bonds. The van der Waals surface area contributed by atoms with Crippen molar-refractivity contribution < 1.29 is 15.3 Å². The number of hydrogen-bond acceptors (Lipinski definition) is 4. The fraction of sp³-hybridized carbons (Fsp3) is 0.455. The number of phenolic OH excluding ortho intramolecular Hbond substituents is 3. The van der Waals surface area contributed by atoms with Gasteiger partial charge in [-0.1, -0.05) is 13.8 Å². The smallest absolute Gasteiger partial charge is 0.200 e. The van der Waals surface area contributed by atoms with E-state index in [1.165, 1.54) is 12.1 Å². The predicted octanol–water partition coefficient (Wildman–Crippen LogP) is 1.85. The first kappa shape index (κ1) is 11.7. The second-order valence-electron chi connectivity index (χ2n) is 4.11. The van der Waals surface area contributed by atoms with Gasteiger partial charge in [0.05, 0.1) is 0 Å². The van der Waals surface area contributed by atoms with Crippen molar-refractivity contribution in [3.05, 3.63) is 17.7 Å². The summed E-state index contributed by atoms with van der Waals surface area (Å²) in [5, 5.41) is 28.0. The maximum absolute atomic E-state index is 9.57. The molecule has 0 spiro atoms. The zero-order valence-corrected chi connectivity index (χ0v) is 8.94. The molecule has 84 valence electrons. The van der Waals surface area contributed by atoms with Gasteiger partial charge in [0.2, 0.25) is 5.75 Å². The van der Waals surface area contributed by atoms with Crippen molar-refractivity contribution in [1.29, 1.82) is 0 Å². The molecule has 0 aromatic heterocycles. The standard InChI is InChI=1S/C11H17NO3/c1-6(2)5-8(12)7-3-4-9(13)11(15)10(7)14/h3-4,6,8,13-15H,5,12H2,1-2H3/t8-/m1/s1. The minimum atomic E-state index is -0.508. The van der Waals surface area contributed by atoms with Crippen LogP contribution in [0.1, 0.15) is 31.9 Å². The summed E-state index contributed by atoms with van der Waals surface area (Å²) >= 11 is 0. The van der Waals surface area contributed by atoms with Gasteiger partial charge in [0.15, 0.2) is 11.5 Å². The van der Waals surface area contributed by atoms with Crippen molar-refractivity contribution >= 4 is 0 Å². The summed E-state index contributed by atoms with van der Waals surface area (Å²) in [4.78, 5) is 0. The van der Waals surface area contributed by atoms with Crippen LogP contribution in [0.5, 0.6) is 17.2 Å². The predicted molar refractivity (Wildman–Crippen MR) is 57.8 cm³/mol. The molecule has 1 rings (SSSR count). The van der Waals surface area contributed by atoms with E-state index in [2.05, 4.69) is 0 Å². The van der Waals surface area contributed by atoms with Crippen molar-refractivity contribution in [2.24, 2.45) is 11.7 Å². The minimum absolute atomic E-state index is 0.330. The van der Waals surface area contributed by atoms with Crippen LogP contribution in [0.3, 0.4) is 0 Å². The molecule has 0 bridgehead atoms. The summed E-state index contributed by atoms with van der Waals surface area (Å²) in [5.41, 5.74) is 6.32. The second kappa shape index (κ2) is 4.40. The molecule has 15 heavy (non-hydrogen) atoms. The van der Waals surface area contributed by atoms with Crippen molar-refractivity contribution in [2.45, 2.75) is 26.3 Å². The van der Waals surface area contributed by atoms with Crippen LogP contribution in [-0.4, -0.2) is 15.3 Å². The summed E-state index contributed by atoms with van der Waals surface area (Å²) in [7, 11) is 0. The Morgan fingerprint density at radius 1 is 1.13 bits per heavy atom. The summed E-state index contributed by atoms with van der Waals surface area (Å²) in [6.45, 7) is 4.05. The zero-order valence-electron chi connectivity index (χ0n) is 8.94. The van der Waals surface area contributed by atoms with Crippen molar-refractivity contribution in [3.8, 4) is 17.2 Å². The van der Waals surface area contributed by atoms with Gasteiger partial charge < -0.3 is 21.1 Å². The Labute approximate surface area is 89.0 Å². The van der Waals surface area contributed by atoms with E-state index in [0.717, 1.165) is 0 Å². The lowest BCUT2D eigenvalue weighted by Crippen LogP contribution is -2.13. The lowest BCUT2D eigenvalue weighted by molar-refractivity contribution is 0.360. The molecule has 0 radical (unpaired) electrons. The molecule has 0 heterocycles. The van der Waals surface area contributed by atoms with Crippen molar-refractivity contribution in [3.63, 3.8) is 0 Å². The van der Waals surface area contributed by atoms with Gasteiger partial charge in [-0.2, -0.15) is 0 Å². The van der Waals surface area contributed by atoms with Gasteiger partial charge in [0.25, 0.3) is 0 Å². The molecule has 4 nitrogen and oxygen atoms in total. The molecular formula is C11H17NO3. The van der Waals surface area contributed by atoms with Gasteiger partial charge >= 0.3 is 0 Å². The molecule has 1 aromatic carbocycles. The molecule has 5 N–H and O–H groups in total. The van der Waals surface area contributed by atoms with E-state index < -0.39 is 5.75 Å². The van der Waals surface area contributed by atoms with E-state index in [1.807, 2.05) is 13.8 Å². The maximum atomic E-state index is 9.57. The number of rotatable bonds is 3. The lowest BCUT2D eigenvalue weighted by Gasteiger charge is -2.16. The van der Waals surface area contributed by atoms with Gasteiger partial charge in [-0.05, 0) is 24.5 Å². The summed E-state index contributed by atoms with van der Waals surface area (Å²) < 4.78 is 0. The Morgan fingerprint density at radius 3 is 2.27 bits per heavy atom. The highest BCUT2D eigenvalue weighted by Gasteiger charge is 2.17. The first-order valence-corrected chi connectivity index (χ1v) is 4.92. The zero-order chi connectivity index (χ0) is 11.6. The summed E-state index contributed by atoms with van der Waals surface area (Å²) in [6.07, 6.45) is 0.706. The first-order chi connectivity index (χ1) is 6.93. The van der Waals surface area contributed by atoms with E-state index in [-0.39, 0.29) is 17.5 Å². The topological polar surface area (TPSA) is 86.7 Å². The van der Waals surface area contributed by atoms with E-state index in [9.17, 15) is 10.2 Å². The highest BCUT2D eigenvalue weighted by molar-refractivity contribution is 5.54. The van der Waals surface area contributed by atoms with Gasteiger partial charge in [-0.25, -0.2) is 0 Å². The van der Waals surface area contributed by atoms with Gasteiger partial charge in [0.1, 0.15) is 0 Å². The van der Waals surface area contributed by atoms with E-state index in [0.29, 0.717) is 17.9 Å². The fourth-order valence-electron chi connectivity index (χ4n) is 1.52. The minimum Gasteiger partial charge on any atom is -0.504 e. The fourth-order valence-corrected chi connectivity index (χ4v) is 1.52. The Morgan fingerprint density at radius 2 is 1.73 bits per heavy atom. The number of benzene rings is 1. The number of phenols is 3. The van der Waals surface area contributed by atoms with Gasteiger partial charge in [-0.15, -0.1) is 0 Å². The summed E-state index contributed by atoms with van der Waals surface area (Å²) in [5.74, 6) is -0.779. The normalized spacial score (nSPS) is 13.1. The molecule has 0 aliphatic carbocycles. The third-order valence-corrected chi connectivity index (χ3v) is 2.29. The Kier molecular flexibility index (Phi) is 3.42. The molecule has 0 saturated carbocycles. The van der Waals surface area contributed by atoms with Crippen LogP contribution < -0.4 is 5.73 Å². The van der Waals surface area contributed by atoms with Crippen LogP contribution in [0.15, 0.2) is 12.1 Å². The van der Waals surface area contributed by atoms with Crippen LogP contribution >= 0.6 is 0 Å². The second-order valence-corrected chi connectivity index (χ2v) is 4.11. The van der Waals surface area contributed by atoms with E-state index in [4.69, 9.17) is 10.8 Å². The number of aromatic hydroxyl groups is 3. The van der Waals surface area contributed by atoms with E-state index in [1.54, 1.807) is 0 Å². The van der Waals surface area contributed by atoms with Gasteiger partial charge in [-0.3, -0.25) is 0 Å². The maximum Gasteiger partial charge on any atom is 0.200 e. The molecule has 4 heteroatoms. The van der Waals surface area contributed by atoms with Crippen LogP contribution in [-0.2, 0) is 0 Å². The average Bonchev–Trinajstić information content (AvgIpc) is 2.13.